The van der Waals surface area contributed by atoms with E-state index in [0.717, 1.165) is 0 Å². The van der Waals surface area contributed by atoms with E-state index in [1.807, 2.05) is 0 Å². The van der Waals surface area contributed by atoms with Gasteiger partial charge in [-0.3, -0.25) is 19.0 Å². The van der Waals surface area contributed by atoms with Crippen molar-refractivity contribution in [3.63, 3.8) is 0 Å². The van der Waals surface area contributed by atoms with Crippen LogP contribution in [0.1, 0.15) is 50.8 Å². The fraction of sp³-hybridized carbons (Fsp3) is 0.440. The number of ether oxygens (including phenoxy) is 1. The summed E-state index contributed by atoms with van der Waals surface area (Å²) < 4.78 is 62.5. The quantitative estimate of drug-likeness (QED) is 0.343. The maximum absolute atomic E-state index is 13.9. The van der Waals surface area contributed by atoms with Crippen molar-refractivity contribution in [3.05, 3.63) is 52.4 Å². The number of hydrogen-bond acceptors (Lipinski definition) is 7. The zero-order valence-corrected chi connectivity index (χ0v) is 20.8. The molecule has 0 aromatic carbocycles. The first kappa shape index (κ1) is 19.6. The molecule has 13 nitrogen and oxygen atoms in total. The molecule has 2 saturated carbocycles. The van der Waals surface area contributed by atoms with E-state index in [9.17, 15) is 18.8 Å². The van der Waals surface area contributed by atoms with Gasteiger partial charge >= 0.3 is 11.8 Å². The molecule has 2 fully saturated rings. The number of rotatable bonds is 5. The second kappa shape index (κ2) is 9.06. The number of H-pyrrole nitrogens is 1. The lowest BCUT2D eigenvalue weighted by molar-refractivity contribution is -0.129. The minimum atomic E-state index is -2.83. The highest BCUT2D eigenvalue weighted by Gasteiger charge is 2.53. The topological polar surface area (TPSA) is 167 Å². The summed E-state index contributed by atoms with van der Waals surface area (Å²) in [5.41, 5.74) is 4.14. The van der Waals surface area contributed by atoms with E-state index in [1.54, 1.807) is 0 Å². The average Bonchev–Trinajstić information content (AvgIpc) is 3.56. The Labute approximate surface area is 227 Å². The summed E-state index contributed by atoms with van der Waals surface area (Å²) in [6, 6.07) is 2.45. The first-order chi connectivity index (χ1) is 20.7. The standard InChI is InChI=1S/C25H28FN9O4/c1-33-18-12-28-20(8-17(18)34(24(33)38)15-4-3-14(7-15)30-23(37)39-2)31-19-6-5-16-11-29-22(35(16)32-19)25(21(27)36)9-13(26)10-25/h5-6,8,11-15H,3-4,7,9-10H2,1-2H3,(H2,27,36)(H,30,37)(H,28,31,32)/i1D3,11D,14D. The van der Waals surface area contributed by atoms with E-state index in [0.29, 0.717) is 16.5 Å². The second-order valence-electron chi connectivity index (χ2n) is 9.80. The largest absolute Gasteiger partial charge is 0.453 e. The number of hydrogen-bond donors (Lipinski definition) is 3. The van der Waals surface area contributed by atoms with Gasteiger partial charge in [0.2, 0.25) is 5.91 Å². The molecule has 0 aliphatic heterocycles. The van der Waals surface area contributed by atoms with Gasteiger partial charge in [-0.05, 0) is 31.4 Å². The van der Waals surface area contributed by atoms with E-state index in [-0.39, 0.29) is 60.0 Å². The lowest BCUT2D eigenvalue weighted by Gasteiger charge is -2.39. The van der Waals surface area contributed by atoms with Gasteiger partial charge < -0.3 is 15.8 Å². The minimum Gasteiger partial charge on any atom is -0.453 e. The molecule has 6 rings (SSSR count). The predicted octanol–water partition coefficient (Wildman–Crippen LogP) is 1.25. The molecular formula is C25H28FN9O4. The number of halogens is 1. The van der Waals surface area contributed by atoms with Crippen LogP contribution in [0.4, 0.5) is 15.0 Å². The van der Waals surface area contributed by atoms with Gasteiger partial charge in [-0.25, -0.2) is 33.5 Å². The highest BCUT2D eigenvalue weighted by atomic mass is 19.1. The molecule has 4 N–H and O–H groups in total. The molecule has 39 heavy (non-hydrogen) atoms. The number of aromatic nitrogens is 6. The smallest absolute Gasteiger partial charge is 0.407 e. The molecule has 2 atom stereocenters. The van der Waals surface area contributed by atoms with Crippen LogP contribution >= 0.6 is 0 Å². The maximum atomic E-state index is 13.9. The van der Waals surface area contributed by atoms with E-state index in [2.05, 4.69) is 30.1 Å². The lowest BCUT2D eigenvalue weighted by atomic mass is 9.66. The number of nitrogens with one attached hydrogen (secondary N) is 2. The van der Waals surface area contributed by atoms with Crippen molar-refractivity contribution in [2.75, 3.05) is 7.11 Å². The fourth-order valence-corrected chi connectivity index (χ4v) is 5.43. The Kier molecular flexibility index (Phi) is 4.55. The Balaban J connectivity index is 1.46. The molecule has 4 aromatic heterocycles. The van der Waals surface area contributed by atoms with Crippen LogP contribution < -0.4 is 22.2 Å². The molecule has 2 aliphatic carbocycles. The first-order valence-corrected chi connectivity index (χ1v) is 12.2. The van der Waals surface area contributed by atoms with Crippen molar-refractivity contribution in [2.24, 2.45) is 17.7 Å². The molecule has 4 aromatic rings. The number of aromatic amines is 1. The van der Waals surface area contributed by atoms with E-state index in [4.69, 9.17) is 12.6 Å². The first-order valence-electron chi connectivity index (χ1n) is 14.7. The van der Waals surface area contributed by atoms with Crippen LogP contribution in [0.25, 0.3) is 16.6 Å². The highest BCUT2D eigenvalue weighted by molar-refractivity contribution is 5.87. The highest BCUT2D eigenvalue weighted by Crippen LogP contribution is 2.44. The van der Waals surface area contributed by atoms with Crippen LogP contribution in [0.2, 0.25) is 0 Å². The predicted molar refractivity (Wildman–Crippen MR) is 137 cm³/mol. The lowest BCUT2D eigenvalue weighted by Crippen LogP contribution is -2.53. The van der Waals surface area contributed by atoms with Crippen LogP contribution in [0.15, 0.2) is 40.4 Å². The summed E-state index contributed by atoms with van der Waals surface area (Å²) in [7, 11) is 1.18. The molecule has 0 saturated heterocycles. The number of carbonyl (C=O) groups is 2. The molecule has 2 amide bonds. The summed E-state index contributed by atoms with van der Waals surface area (Å²) in [6.07, 6.45) is -0.780. The number of imidazole rings is 2. The monoisotopic (exact) mass is 542 g/mol. The Bertz CT molecular complexity index is 1960. The van der Waals surface area contributed by atoms with Crippen molar-refractivity contribution >= 4 is 34.4 Å². The van der Waals surface area contributed by atoms with Crippen LogP contribution in [0.5, 0.6) is 0 Å². The zero-order valence-electron chi connectivity index (χ0n) is 25.8. The molecule has 0 spiro atoms. The van der Waals surface area contributed by atoms with Crippen LogP contribution in [-0.2, 0) is 21.9 Å². The van der Waals surface area contributed by atoms with Crippen LogP contribution in [0, 0.1) is 0 Å². The van der Waals surface area contributed by atoms with Crippen molar-refractivity contribution in [3.8, 4) is 0 Å². The normalized spacial score (nSPS) is 29.3. The Morgan fingerprint density at radius 1 is 1.36 bits per heavy atom. The minimum absolute atomic E-state index is 0.0155. The van der Waals surface area contributed by atoms with Gasteiger partial charge in [0.25, 0.3) is 0 Å². The third-order valence-corrected chi connectivity index (χ3v) is 7.46. The van der Waals surface area contributed by atoms with Gasteiger partial charge in [0.05, 0.1) is 38.8 Å². The summed E-state index contributed by atoms with van der Waals surface area (Å²) in [4.78, 5) is 50.6. The maximum Gasteiger partial charge on any atom is 0.407 e. The molecule has 204 valence electrons. The van der Waals surface area contributed by atoms with Crippen molar-refractivity contribution in [1.29, 1.82) is 0 Å². The number of nitrogens with two attached hydrogens (primary N) is 1. The number of aryl methyl sites for hydroxylation is 1. The SMILES string of the molecule is [2H]c1nc(C2(C(N)=O)CC(F)C2)n2[nH]c(=Nc3cc4c(cn3)n(C([2H])([2H])[2H])c(=O)n4C3CCC([2H])(NC(=O)OC)C3)ccc12. The van der Waals surface area contributed by atoms with E-state index >= 15 is 0 Å². The number of pyridine rings is 1. The third kappa shape index (κ3) is 3.97. The van der Waals surface area contributed by atoms with Gasteiger partial charge in [0.15, 0.2) is 5.82 Å². The number of amides is 2. The third-order valence-electron chi connectivity index (χ3n) is 7.46. The number of carbonyl (C=O) groups excluding carboxylic acids is 2. The number of methoxy groups -OCH3 is 1. The summed E-state index contributed by atoms with van der Waals surface area (Å²) in [6.45, 7) is -2.83. The van der Waals surface area contributed by atoms with Crippen molar-refractivity contribution in [2.45, 2.75) is 55.8 Å². The van der Waals surface area contributed by atoms with Gasteiger partial charge in [-0.2, -0.15) is 0 Å². The zero-order chi connectivity index (χ0) is 31.8. The van der Waals surface area contributed by atoms with Crippen molar-refractivity contribution in [1.82, 2.24) is 34.0 Å². The number of primary amides is 1. The number of nitrogens with zero attached hydrogens (tertiary/aromatic N) is 6. The molecular weight excluding hydrogens is 509 g/mol. The summed E-state index contributed by atoms with van der Waals surface area (Å²) in [5.74, 6) is -0.593. The molecule has 2 aliphatic rings. The number of alkyl halides is 1. The number of alkyl carbamates (subject to hydrolysis) is 1. The van der Waals surface area contributed by atoms with Gasteiger partial charge in [-0.15, -0.1) is 0 Å². The summed E-state index contributed by atoms with van der Waals surface area (Å²) in [5, 5.41) is 5.43. The van der Waals surface area contributed by atoms with Crippen LogP contribution in [-0.4, -0.2) is 60.0 Å². The number of fused-ring (bicyclic) bond motifs is 2. The van der Waals surface area contributed by atoms with E-state index in [1.165, 1.54) is 40.6 Å². The molecule has 4 heterocycles. The van der Waals surface area contributed by atoms with Crippen LogP contribution in [0.3, 0.4) is 0 Å². The van der Waals surface area contributed by atoms with E-state index < -0.39 is 48.3 Å². The fourth-order valence-electron chi connectivity index (χ4n) is 5.43. The average molecular weight is 543 g/mol. The van der Waals surface area contributed by atoms with Gasteiger partial charge in [0, 0.05) is 42.1 Å². The molecule has 0 bridgehead atoms. The molecule has 14 heteroatoms. The summed E-state index contributed by atoms with van der Waals surface area (Å²) >= 11 is 0. The second-order valence-corrected chi connectivity index (χ2v) is 9.80. The van der Waals surface area contributed by atoms with Crippen molar-refractivity contribution < 1.29 is 25.6 Å². The molecule has 0 radical (unpaired) electrons. The Hall–Kier alpha value is -4.49. The Morgan fingerprint density at radius 3 is 2.90 bits per heavy atom. The molecule has 2 unspecified atom stereocenters. The van der Waals surface area contributed by atoms with Gasteiger partial charge in [0.1, 0.15) is 22.9 Å². The Morgan fingerprint density at radius 2 is 2.18 bits per heavy atom. The van der Waals surface area contributed by atoms with Gasteiger partial charge in [-0.1, -0.05) is 0 Å².